The van der Waals surface area contributed by atoms with Gasteiger partial charge in [0.1, 0.15) is 18.0 Å². The van der Waals surface area contributed by atoms with Crippen molar-refractivity contribution in [3.05, 3.63) is 40.5 Å². The molecule has 10 nitrogen and oxygen atoms in total. The van der Waals surface area contributed by atoms with Crippen molar-refractivity contribution in [1.82, 2.24) is 24.8 Å². The SMILES string of the molecule is Cc1cc(OC[C@@]2(CC(=O)N3CCN(C)CC3)CN(C(=O)CCc3nc(C(C)C)no3)CCO2)ccc1Cl. The van der Waals surface area contributed by atoms with Crippen LogP contribution in [-0.4, -0.2) is 102 Å². The van der Waals surface area contributed by atoms with Crippen LogP contribution in [0.5, 0.6) is 5.75 Å². The zero-order chi connectivity index (χ0) is 27.3. The Morgan fingerprint density at radius 2 is 1.89 bits per heavy atom. The molecule has 0 aliphatic carbocycles. The Labute approximate surface area is 229 Å². The summed E-state index contributed by atoms with van der Waals surface area (Å²) in [7, 11) is 2.05. The lowest BCUT2D eigenvalue weighted by Gasteiger charge is -2.43. The maximum atomic E-state index is 13.4. The van der Waals surface area contributed by atoms with Crippen LogP contribution < -0.4 is 4.74 Å². The van der Waals surface area contributed by atoms with E-state index in [1.165, 1.54) is 0 Å². The molecule has 3 heterocycles. The summed E-state index contributed by atoms with van der Waals surface area (Å²) >= 11 is 6.17. The van der Waals surface area contributed by atoms with Crippen LogP contribution in [0.4, 0.5) is 0 Å². The molecule has 11 heteroatoms. The van der Waals surface area contributed by atoms with Crippen LogP contribution in [0.25, 0.3) is 0 Å². The van der Waals surface area contributed by atoms with Crippen LogP contribution in [-0.2, 0) is 20.7 Å². The Morgan fingerprint density at radius 1 is 1.13 bits per heavy atom. The fraction of sp³-hybridized carbons (Fsp3) is 0.630. The summed E-state index contributed by atoms with van der Waals surface area (Å²) < 4.78 is 17.7. The van der Waals surface area contributed by atoms with E-state index in [1.807, 2.05) is 31.7 Å². The van der Waals surface area contributed by atoms with E-state index in [9.17, 15) is 9.59 Å². The Kier molecular flexibility index (Phi) is 9.27. The average Bonchev–Trinajstić information content (AvgIpc) is 3.38. The number of carbonyl (C=O) groups is 2. The van der Waals surface area contributed by atoms with Gasteiger partial charge < -0.3 is 28.7 Å². The molecule has 2 aromatic rings. The molecule has 0 spiro atoms. The lowest BCUT2D eigenvalue weighted by atomic mass is 9.96. The van der Waals surface area contributed by atoms with Crippen molar-refractivity contribution in [2.45, 2.75) is 51.6 Å². The second-order valence-corrected chi connectivity index (χ2v) is 11.0. The third-order valence-electron chi connectivity index (χ3n) is 7.11. The van der Waals surface area contributed by atoms with Crippen molar-refractivity contribution in [3.8, 4) is 5.75 Å². The number of aryl methyl sites for hydroxylation is 2. The first kappa shape index (κ1) is 28.3. The Balaban J connectivity index is 1.44. The maximum absolute atomic E-state index is 13.4. The van der Waals surface area contributed by atoms with E-state index >= 15 is 0 Å². The van der Waals surface area contributed by atoms with E-state index in [4.69, 9.17) is 25.6 Å². The highest BCUT2D eigenvalue weighted by molar-refractivity contribution is 6.31. The molecule has 1 aromatic heterocycles. The molecule has 1 aromatic carbocycles. The van der Waals surface area contributed by atoms with Gasteiger partial charge in [-0.2, -0.15) is 4.98 Å². The summed E-state index contributed by atoms with van der Waals surface area (Å²) in [6, 6.07) is 5.45. The number of piperazine rings is 1. The molecule has 2 amide bonds. The van der Waals surface area contributed by atoms with Crippen LogP contribution in [0, 0.1) is 6.92 Å². The molecule has 0 radical (unpaired) electrons. The normalized spacial score (nSPS) is 20.7. The number of nitrogens with zero attached hydrogens (tertiary/aromatic N) is 5. The second kappa shape index (κ2) is 12.4. The summed E-state index contributed by atoms with van der Waals surface area (Å²) in [4.78, 5) is 36.8. The summed E-state index contributed by atoms with van der Waals surface area (Å²) in [6.45, 7) is 10.1. The summed E-state index contributed by atoms with van der Waals surface area (Å²) in [5, 5.41) is 4.63. The number of ether oxygens (including phenoxy) is 2. The monoisotopic (exact) mass is 547 g/mol. The van der Waals surface area contributed by atoms with Gasteiger partial charge in [-0.05, 0) is 37.7 Å². The zero-order valence-electron chi connectivity index (χ0n) is 22.7. The minimum Gasteiger partial charge on any atom is -0.490 e. The highest BCUT2D eigenvalue weighted by atomic mass is 35.5. The van der Waals surface area contributed by atoms with Gasteiger partial charge in [-0.3, -0.25) is 9.59 Å². The Morgan fingerprint density at radius 3 is 2.58 bits per heavy atom. The van der Waals surface area contributed by atoms with E-state index < -0.39 is 5.60 Å². The fourth-order valence-corrected chi connectivity index (χ4v) is 4.76. The highest BCUT2D eigenvalue weighted by Gasteiger charge is 2.42. The number of carbonyl (C=O) groups excluding carboxylic acids is 2. The van der Waals surface area contributed by atoms with Crippen molar-refractivity contribution >= 4 is 23.4 Å². The van der Waals surface area contributed by atoms with Gasteiger partial charge in [0.25, 0.3) is 0 Å². The summed E-state index contributed by atoms with van der Waals surface area (Å²) in [6.07, 6.45) is 0.734. The molecule has 2 aliphatic heterocycles. The number of morpholine rings is 1. The number of hydrogen-bond acceptors (Lipinski definition) is 8. The molecule has 0 N–H and O–H groups in total. The number of likely N-dealkylation sites (N-methyl/N-ethyl adjacent to an activating group) is 1. The van der Waals surface area contributed by atoms with Gasteiger partial charge in [0.05, 0.1) is 19.6 Å². The van der Waals surface area contributed by atoms with Gasteiger partial charge in [0.2, 0.25) is 17.7 Å². The van der Waals surface area contributed by atoms with Crippen LogP contribution in [0.1, 0.15) is 49.9 Å². The van der Waals surface area contributed by atoms with E-state index in [-0.39, 0.29) is 43.7 Å². The molecule has 4 rings (SSSR count). The molecule has 2 fully saturated rings. The van der Waals surface area contributed by atoms with Gasteiger partial charge in [-0.25, -0.2) is 0 Å². The van der Waals surface area contributed by atoms with Crippen molar-refractivity contribution in [1.29, 1.82) is 0 Å². The van der Waals surface area contributed by atoms with Gasteiger partial charge in [0.15, 0.2) is 5.82 Å². The molecule has 0 bridgehead atoms. The quantitative estimate of drug-likeness (QED) is 0.472. The smallest absolute Gasteiger partial charge is 0.227 e. The molecule has 208 valence electrons. The van der Waals surface area contributed by atoms with Crippen molar-refractivity contribution in [2.24, 2.45) is 0 Å². The number of benzene rings is 1. The van der Waals surface area contributed by atoms with Gasteiger partial charge in [0, 0.05) is 56.5 Å². The Bertz CT molecular complexity index is 1120. The molecule has 2 aliphatic rings. The largest absolute Gasteiger partial charge is 0.490 e. The molecule has 2 saturated heterocycles. The first-order valence-corrected chi connectivity index (χ1v) is 13.6. The molecule has 1 atom stereocenters. The third kappa shape index (κ3) is 7.24. The molecule has 0 unspecified atom stereocenters. The van der Waals surface area contributed by atoms with E-state index in [0.717, 1.165) is 18.7 Å². The maximum Gasteiger partial charge on any atom is 0.227 e. The van der Waals surface area contributed by atoms with E-state index in [1.54, 1.807) is 17.0 Å². The van der Waals surface area contributed by atoms with Crippen molar-refractivity contribution in [3.63, 3.8) is 0 Å². The molecular formula is C27H38ClN5O5. The fourth-order valence-electron chi connectivity index (χ4n) is 4.64. The van der Waals surface area contributed by atoms with E-state index in [0.29, 0.717) is 55.1 Å². The highest BCUT2D eigenvalue weighted by Crippen LogP contribution is 2.28. The molecule has 0 saturated carbocycles. The summed E-state index contributed by atoms with van der Waals surface area (Å²) in [5.41, 5.74) is -0.0632. The van der Waals surface area contributed by atoms with Crippen LogP contribution in [0.2, 0.25) is 5.02 Å². The average molecular weight is 548 g/mol. The number of amides is 2. The minimum atomic E-state index is -0.961. The van der Waals surface area contributed by atoms with Crippen molar-refractivity contribution in [2.75, 3.05) is 59.5 Å². The number of rotatable bonds is 9. The second-order valence-electron chi connectivity index (χ2n) is 10.6. The van der Waals surface area contributed by atoms with Crippen LogP contribution in [0.15, 0.2) is 22.7 Å². The van der Waals surface area contributed by atoms with Crippen LogP contribution in [0.3, 0.4) is 0 Å². The predicted octanol–water partition coefficient (Wildman–Crippen LogP) is 2.93. The lowest BCUT2D eigenvalue weighted by molar-refractivity contribution is -0.166. The number of aromatic nitrogens is 2. The van der Waals surface area contributed by atoms with Gasteiger partial charge >= 0.3 is 0 Å². The van der Waals surface area contributed by atoms with Gasteiger partial charge in [-0.15, -0.1) is 0 Å². The summed E-state index contributed by atoms with van der Waals surface area (Å²) in [5.74, 6) is 1.85. The van der Waals surface area contributed by atoms with Crippen LogP contribution >= 0.6 is 11.6 Å². The first-order chi connectivity index (χ1) is 18.1. The molecular weight excluding hydrogens is 510 g/mol. The minimum absolute atomic E-state index is 0.00959. The standard InChI is InChI=1S/C27H38ClN5O5/c1-19(2)26-29-23(38-30-26)7-8-24(34)33-13-14-37-27(17-33,16-25(35)32-11-9-31(4)10-12-32)18-36-21-5-6-22(28)20(3)15-21/h5-6,15,19H,7-14,16-18H2,1-4H3/t27-/m1/s1. The van der Waals surface area contributed by atoms with E-state index in [2.05, 4.69) is 22.1 Å². The zero-order valence-corrected chi connectivity index (χ0v) is 23.5. The first-order valence-electron chi connectivity index (χ1n) is 13.2. The molecule has 38 heavy (non-hydrogen) atoms. The Hall–Kier alpha value is -2.69. The predicted molar refractivity (Wildman–Crippen MR) is 142 cm³/mol. The number of hydrogen-bond donors (Lipinski definition) is 0. The topological polar surface area (TPSA) is 101 Å². The van der Waals surface area contributed by atoms with Crippen molar-refractivity contribution < 1.29 is 23.6 Å². The van der Waals surface area contributed by atoms with Gasteiger partial charge in [-0.1, -0.05) is 30.6 Å². The lowest BCUT2D eigenvalue weighted by Crippen LogP contribution is -2.59. The number of halogens is 1. The third-order valence-corrected chi connectivity index (χ3v) is 7.54.